The van der Waals surface area contributed by atoms with Gasteiger partial charge in [0.1, 0.15) is 12.3 Å². The van der Waals surface area contributed by atoms with Crippen molar-refractivity contribution in [3.63, 3.8) is 0 Å². The molecule has 0 radical (unpaired) electrons. The molecule has 114 valence electrons. The summed E-state index contributed by atoms with van der Waals surface area (Å²) < 4.78 is 13.3. The lowest BCUT2D eigenvalue weighted by molar-refractivity contribution is -0.115. The first-order valence-electron chi connectivity index (χ1n) is 6.63. The monoisotopic (exact) mass is 314 g/mol. The number of likely N-dealkylation sites (tertiary alicyclic amines) is 1. The molecule has 2 N–H and O–H groups in total. The number of β-amino-alcohol motifs (C(OH)–C–C–N with tert-alkyl or cyclic N) is 1. The van der Waals surface area contributed by atoms with Crippen molar-refractivity contribution in [3.8, 4) is 0 Å². The van der Waals surface area contributed by atoms with Gasteiger partial charge < -0.3 is 15.3 Å². The molecule has 2 rings (SSSR count). The Morgan fingerprint density at radius 3 is 2.76 bits per heavy atom. The topological polar surface area (TPSA) is 69.6 Å². The van der Waals surface area contributed by atoms with Gasteiger partial charge in [-0.2, -0.15) is 0 Å². The molecule has 0 spiro atoms. The molecule has 21 heavy (non-hydrogen) atoms. The van der Waals surface area contributed by atoms with Crippen molar-refractivity contribution in [2.75, 3.05) is 18.4 Å². The minimum absolute atomic E-state index is 0.0657. The van der Waals surface area contributed by atoms with Crippen LogP contribution in [0, 0.1) is 0 Å². The molecule has 0 saturated carbocycles. The van der Waals surface area contributed by atoms with E-state index >= 15 is 0 Å². The van der Waals surface area contributed by atoms with Crippen LogP contribution in [0.15, 0.2) is 18.2 Å². The van der Waals surface area contributed by atoms with Crippen molar-refractivity contribution in [2.45, 2.75) is 25.6 Å². The third-order valence-electron chi connectivity index (χ3n) is 3.31. The fourth-order valence-electron chi connectivity index (χ4n) is 2.13. The summed E-state index contributed by atoms with van der Waals surface area (Å²) in [6.07, 6.45) is -2.36. The summed E-state index contributed by atoms with van der Waals surface area (Å²) in [6, 6.07) is 4.48. The van der Waals surface area contributed by atoms with Gasteiger partial charge in [-0.25, -0.2) is 4.39 Å². The van der Waals surface area contributed by atoms with Gasteiger partial charge in [0.25, 0.3) is 5.91 Å². The zero-order valence-corrected chi connectivity index (χ0v) is 12.2. The van der Waals surface area contributed by atoms with Crippen molar-refractivity contribution < 1.29 is 19.1 Å². The molecule has 1 aliphatic rings. The second-order valence-corrected chi connectivity index (χ2v) is 5.32. The zero-order valence-electron chi connectivity index (χ0n) is 11.5. The Balaban J connectivity index is 2.26. The van der Waals surface area contributed by atoms with Gasteiger partial charge in [-0.05, 0) is 18.2 Å². The van der Waals surface area contributed by atoms with Crippen molar-refractivity contribution in [1.82, 2.24) is 4.90 Å². The van der Waals surface area contributed by atoms with Crippen molar-refractivity contribution in [3.05, 3.63) is 28.8 Å². The molecule has 1 heterocycles. The average molecular weight is 315 g/mol. The largest absolute Gasteiger partial charge is 0.388 e. The fraction of sp³-hybridized carbons (Fsp3) is 0.429. The molecular formula is C14H16ClFN2O3. The predicted octanol–water partition coefficient (Wildman–Crippen LogP) is 1.84. The van der Waals surface area contributed by atoms with Gasteiger partial charge in [-0.1, -0.05) is 18.5 Å². The van der Waals surface area contributed by atoms with Gasteiger partial charge in [-0.3, -0.25) is 9.59 Å². The molecule has 1 aromatic rings. The van der Waals surface area contributed by atoms with E-state index in [2.05, 4.69) is 5.32 Å². The molecule has 1 saturated heterocycles. The number of anilines is 1. The number of hydrogen-bond donors (Lipinski definition) is 2. The predicted molar refractivity (Wildman–Crippen MR) is 77.2 cm³/mol. The van der Waals surface area contributed by atoms with E-state index in [4.69, 9.17) is 11.6 Å². The number of benzene rings is 1. The third kappa shape index (κ3) is 3.51. The Hall–Kier alpha value is -1.66. The highest BCUT2D eigenvalue weighted by Gasteiger charge is 2.35. The van der Waals surface area contributed by atoms with Gasteiger partial charge in [0.15, 0.2) is 0 Å². The van der Waals surface area contributed by atoms with Crippen LogP contribution in [0.5, 0.6) is 0 Å². The minimum Gasteiger partial charge on any atom is -0.388 e. The maximum atomic E-state index is 13.3. The molecule has 1 aromatic carbocycles. The number of hydrogen-bond acceptors (Lipinski definition) is 3. The van der Waals surface area contributed by atoms with E-state index in [1.807, 2.05) is 0 Å². The van der Waals surface area contributed by atoms with E-state index in [-0.39, 0.29) is 36.7 Å². The molecule has 5 nitrogen and oxygen atoms in total. The number of aliphatic hydroxyl groups excluding tert-OH is 1. The number of nitrogens with zero attached hydrogens (tertiary/aromatic N) is 1. The molecule has 0 aliphatic carbocycles. The molecule has 7 heteroatoms. The molecule has 1 aliphatic heterocycles. The number of aliphatic hydroxyl groups is 1. The summed E-state index contributed by atoms with van der Waals surface area (Å²) in [5.41, 5.74) is 0.513. The number of amides is 2. The van der Waals surface area contributed by atoms with Gasteiger partial charge in [0.2, 0.25) is 5.91 Å². The maximum absolute atomic E-state index is 13.3. The molecule has 0 bridgehead atoms. The molecular weight excluding hydrogens is 299 g/mol. The number of carbonyl (C=O) groups is 2. The Bertz CT molecular complexity index is 557. The normalized spacial score (nSPS) is 21.4. The van der Waals surface area contributed by atoms with Crippen LogP contribution in [0.1, 0.15) is 23.7 Å². The van der Waals surface area contributed by atoms with Crippen molar-refractivity contribution in [2.24, 2.45) is 0 Å². The summed E-state index contributed by atoms with van der Waals surface area (Å²) in [5, 5.41) is 12.4. The lowest BCUT2D eigenvalue weighted by Crippen LogP contribution is -2.30. The van der Waals surface area contributed by atoms with Crippen LogP contribution in [0.2, 0.25) is 5.02 Å². The first-order chi connectivity index (χ1) is 9.92. The lowest BCUT2D eigenvalue weighted by atomic mass is 10.1. The van der Waals surface area contributed by atoms with Crippen LogP contribution in [0.25, 0.3) is 0 Å². The number of alkyl halides is 1. The highest BCUT2D eigenvalue weighted by Crippen LogP contribution is 2.25. The number of nitrogens with one attached hydrogen (secondary N) is 1. The van der Waals surface area contributed by atoms with Crippen LogP contribution in [0.3, 0.4) is 0 Å². The number of rotatable bonds is 3. The van der Waals surface area contributed by atoms with Crippen molar-refractivity contribution in [1.29, 1.82) is 0 Å². The summed E-state index contributed by atoms with van der Waals surface area (Å²) in [6.45, 7) is 1.46. The Kier molecular flexibility index (Phi) is 4.80. The smallest absolute Gasteiger partial charge is 0.256 e. The lowest BCUT2D eigenvalue weighted by Gasteiger charge is -2.18. The molecule has 0 aromatic heterocycles. The standard InChI is InChI=1S/C14H16ClFN2O3/c1-2-13(20)17-11-5-8(15)3-4-9(11)14(21)18-6-10(16)12(19)7-18/h3-5,10,12,19H,2,6-7H2,1H3,(H,17,20)/t10-,12-/m1/s1. The van der Waals surface area contributed by atoms with E-state index < -0.39 is 18.2 Å². The average Bonchev–Trinajstić information content (AvgIpc) is 2.78. The van der Waals surface area contributed by atoms with E-state index in [9.17, 15) is 19.1 Å². The minimum atomic E-state index is -1.45. The Morgan fingerprint density at radius 1 is 1.48 bits per heavy atom. The summed E-state index contributed by atoms with van der Waals surface area (Å²) in [7, 11) is 0. The zero-order chi connectivity index (χ0) is 15.6. The van der Waals surface area contributed by atoms with Crippen LogP contribution in [0.4, 0.5) is 10.1 Å². The first kappa shape index (κ1) is 15.7. The molecule has 1 fully saturated rings. The summed E-state index contributed by atoms with van der Waals surface area (Å²) in [4.78, 5) is 25.1. The van der Waals surface area contributed by atoms with Gasteiger partial charge >= 0.3 is 0 Å². The Morgan fingerprint density at radius 2 is 2.19 bits per heavy atom. The number of halogens is 2. The van der Waals surface area contributed by atoms with E-state index in [1.54, 1.807) is 6.92 Å². The van der Waals surface area contributed by atoms with Gasteiger partial charge in [0, 0.05) is 18.0 Å². The molecule has 0 unspecified atom stereocenters. The van der Waals surface area contributed by atoms with E-state index in [1.165, 1.54) is 23.1 Å². The fourth-order valence-corrected chi connectivity index (χ4v) is 2.30. The second kappa shape index (κ2) is 6.41. The number of carbonyl (C=O) groups excluding carboxylic acids is 2. The van der Waals surface area contributed by atoms with Crippen LogP contribution >= 0.6 is 11.6 Å². The van der Waals surface area contributed by atoms with Crippen LogP contribution in [-0.4, -0.2) is 47.2 Å². The maximum Gasteiger partial charge on any atom is 0.256 e. The van der Waals surface area contributed by atoms with Crippen LogP contribution in [-0.2, 0) is 4.79 Å². The highest BCUT2D eigenvalue weighted by molar-refractivity contribution is 6.31. The van der Waals surface area contributed by atoms with Gasteiger partial charge in [-0.15, -0.1) is 0 Å². The second-order valence-electron chi connectivity index (χ2n) is 4.89. The first-order valence-corrected chi connectivity index (χ1v) is 7.01. The van der Waals surface area contributed by atoms with E-state index in [0.29, 0.717) is 5.02 Å². The summed E-state index contributed by atoms with van der Waals surface area (Å²) >= 11 is 5.88. The van der Waals surface area contributed by atoms with Crippen LogP contribution < -0.4 is 5.32 Å². The van der Waals surface area contributed by atoms with E-state index in [0.717, 1.165) is 0 Å². The van der Waals surface area contributed by atoms with Crippen molar-refractivity contribution >= 4 is 29.1 Å². The highest BCUT2D eigenvalue weighted by atomic mass is 35.5. The quantitative estimate of drug-likeness (QED) is 0.894. The third-order valence-corrected chi connectivity index (χ3v) is 3.55. The molecule has 2 amide bonds. The summed E-state index contributed by atoms with van der Waals surface area (Å²) in [5.74, 6) is -0.701. The van der Waals surface area contributed by atoms with Gasteiger partial charge in [0.05, 0.1) is 17.8 Å². The Labute approximate surface area is 126 Å². The SMILES string of the molecule is CCC(=O)Nc1cc(Cl)ccc1C(=O)N1C[C@@H](O)[C@H](F)C1. The molecule has 2 atom stereocenters.